The van der Waals surface area contributed by atoms with Crippen LogP contribution in [0.15, 0.2) is 29.9 Å². The molecule has 3 heterocycles. The van der Waals surface area contributed by atoms with Crippen molar-refractivity contribution in [3.63, 3.8) is 0 Å². The molecule has 0 aromatic carbocycles. The normalized spacial score (nSPS) is 23.6. The predicted molar refractivity (Wildman–Crippen MR) is 92.3 cm³/mol. The fourth-order valence-electron chi connectivity index (χ4n) is 2.46. The summed E-state index contributed by atoms with van der Waals surface area (Å²) in [6, 6.07) is 3.72. The summed E-state index contributed by atoms with van der Waals surface area (Å²) in [5, 5.41) is 13.3. The van der Waals surface area contributed by atoms with Crippen LogP contribution in [0.25, 0.3) is 11.1 Å². The first-order valence-corrected chi connectivity index (χ1v) is 9.61. The van der Waals surface area contributed by atoms with E-state index in [1.807, 2.05) is 17.5 Å². The van der Waals surface area contributed by atoms with Gasteiger partial charge in [-0.15, -0.1) is 11.3 Å². The van der Waals surface area contributed by atoms with Crippen molar-refractivity contribution < 1.29 is 8.42 Å². The summed E-state index contributed by atoms with van der Waals surface area (Å²) in [4.78, 5) is 4.91. The lowest BCUT2D eigenvalue weighted by Gasteiger charge is -2.39. The second kappa shape index (κ2) is 5.47. The van der Waals surface area contributed by atoms with Crippen LogP contribution in [0, 0.1) is 5.41 Å². The summed E-state index contributed by atoms with van der Waals surface area (Å²) >= 11 is 7.41. The maximum Gasteiger partial charge on any atom is 0.239 e. The third-order valence-corrected chi connectivity index (χ3v) is 7.14. The van der Waals surface area contributed by atoms with Crippen LogP contribution in [0.3, 0.4) is 0 Å². The molecule has 0 saturated carbocycles. The molecule has 0 amide bonds. The van der Waals surface area contributed by atoms with Crippen molar-refractivity contribution in [1.82, 2.24) is 14.6 Å². The fourth-order valence-corrected chi connectivity index (χ4v) is 5.23. The highest BCUT2D eigenvalue weighted by Gasteiger charge is 2.42. The zero-order valence-electron chi connectivity index (χ0n) is 12.5. The molecule has 1 saturated heterocycles. The van der Waals surface area contributed by atoms with Gasteiger partial charge in [0, 0.05) is 29.9 Å². The minimum absolute atomic E-state index is 0.105. The number of halogens is 1. The van der Waals surface area contributed by atoms with Crippen molar-refractivity contribution >= 4 is 38.9 Å². The number of thiophene rings is 1. The number of pyridine rings is 1. The minimum atomic E-state index is -3.51. The number of nitrogens with one attached hydrogen (secondary N) is 2. The van der Waals surface area contributed by atoms with E-state index in [4.69, 9.17) is 17.0 Å². The number of aromatic nitrogens is 1. The van der Waals surface area contributed by atoms with Gasteiger partial charge in [0.25, 0.3) is 0 Å². The lowest BCUT2D eigenvalue weighted by Crippen LogP contribution is -2.60. The first kappa shape index (κ1) is 16.2. The Morgan fingerprint density at radius 2 is 2.13 bits per heavy atom. The smallest absolute Gasteiger partial charge is 0.239 e. The van der Waals surface area contributed by atoms with E-state index < -0.39 is 15.6 Å². The van der Waals surface area contributed by atoms with Gasteiger partial charge in [-0.3, -0.25) is 10.4 Å². The van der Waals surface area contributed by atoms with Crippen LogP contribution < -0.4 is 5.32 Å². The third-order valence-electron chi connectivity index (χ3n) is 3.78. The Morgan fingerprint density at radius 3 is 2.78 bits per heavy atom. The Kier molecular flexibility index (Phi) is 3.86. The molecule has 2 aromatic heterocycles. The first-order valence-electron chi connectivity index (χ1n) is 6.74. The third kappa shape index (κ3) is 2.93. The van der Waals surface area contributed by atoms with Crippen LogP contribution in [0.5, 0.6) is 0 Å². The van der Waals surface area contributed by atoms with Gasteiger partial charge < -0.3 is 5.32 Å². The summed E-state index contributed by atoms with van der Waals surface area (Å²) in [5.74, 6) is -0.231. The van der Waals surface area contributed by atoms with Gasteiger partial charge in [-0.05, 0) is 30.0 Å². The molecule has 1 atom stereocenters. The van der Waals surface area contributed by atoms with E-state index in [-0.39, 0.29) is 11.7 Å². The SMILES string of the molecule is CN1C(=N)N[C@](C)(c2cc(-c3cncc(Cl)c3)cs2)CS1(=O)=O. The average Bonchev–Trinajstić information content (AvgIpc) is 2.95. The summed E-state index contributed by atoms with van der Waals surface area (Å²) in [5.41, 5.74) is 0.956. The highest BCUT2D eigenvalue weighted by Crippen LogP contribution is 2.35. The quantitative estimate of drug-likeness (QED) is 0.850. The van der Waals surface area contributed by atoms with Gasteiger partial charge in [0.15, 0.2) is 0 Å². The van der Waals surface area contributed by atoms with Crippen molar-refractivity contribution in [3.05, 3.63) is 39.8 Å². The largest absolute Gasteiger partial charge is 0.344 e. The summed E-state index contributed by atoms with van der Waals surface area (Å²) < 4.78 is 25.4. The molecular weight excluding hydrogens is 356 g/mol. The average molecular weight is 371 g/mol. The molecule has 2 N–H and O–H groups in total. The molecule has 3 rings (SSSR count). The van der Waals surface area contributed by atoms with Crippen molar-refractivity contribution in [2.24, 2.45) is 0 Å². The molecule has 0 radical (unpaired) electrons. The first-order chi connectivity index (χ1) is 10.7. The van der Waals surface area contributed by atoms with E-state index >= 15 is 0 Å². The minimum Gasteiger partial charge on any atom is -0.344 e. The molecule has 23 heavy (non-hydrogen) atoms. The van der Waals surface area contributed by atoms with Crippen molar-refractivity contribution in [1.29, 1.82) is 5.41 Å². The number of rotatable bonds is 2. The molecule has 0 bridgehead atoms. The highest BCUT2D eigenvalue weighted by molar-refractivity contribution is 7.89. The zero-order chi connectivity index (χ0) is 16.8. The standard InChI is InChI=1S/C14H15ClN4O2S2/c1-14(8-23(20,21)19(2)13(16)18-14)12-4-10(7-22-12)9-3-11(15)6-17-5-9/h3-7H,8H2,1-2H3,(H2,16,18)/t14-/m0/s1. The van der Waals surface area contributed by atoms with Gasteiger partial charge >= 0.3 is 0 Å². The van der Waals surface area contributed by atoms with Gasteiger partial charge in [0.05, 0.1) is 16.3 Å². The molecular formula is C14H15ClN4O2S2. The molecule has 2 aromatic rings. The summed E-state index contributed by atoms with van der Waals surface area (Å²) in [6.45, 7) is 1.79. The Bertz CT molecular complexity index is 880. The highest BCUT2D eigenvalue weighted by atomic mass is 35.5. The van der Waals surface area contributed by atoms with Crippen LogP contribution in [0.4, 0.5) is 0 Å². The Balaban J connectivity index is 1.98. The van der Waals surface area contributed by atoms with Crippen molar-refractivity contribution in [3.8, 4) is 11.1 Å². The van der Waals surface area contributed by atoms with Crippen LogP contribution in [0.1, 0.15) is 11.8 Å². The Labute approximate surface area is 143 Å². The number of sulfonamides is 1. The molecule has 1 aliphatic heterocycles. The van der Waals surface area contributed by atoms with Gasteiger partial charge in [0.2, 0.25) is 16.0 Å². The summed E-state index contributed by atoms with van der Waals surface area (Å²) in [7, 11) is -2.13. The fraction of sp³-hybridized carbons (Fsp3) is 0.286. The number of hydrogen-bond donors (Lipinski definition) is 2. The molecule has 9 heteroatoms. The van der Waals surface area contributed by atoms with E-state index in [1.54, 1.807) is 19.3 Å². The Hall–Kier alpha value is -1.64. The van der Waals surface area contributed by atoms with Crippen molar-refractivity contribution in [2.75, 3.05) is 12.8 Å². The summed E-state index contributed by atoms with van der Waals surface area (Å²) in [6.07, 6.45) is 3.27. The maximum absolute atomic E-state index is 12.2. The van der Waals surface area contributed by atoms with Crippen LogP contribution >= 0.6 is 22.9 Å². The number of nitrogens with zero attached hydrogens (tertiary/aromatic N) is 2. The molecule has 6 nitrogen and oxygen atoms in total. The molecule has 0 spiro atoms. The molecule has 0 aliphatic carbocycles. The van der Waals surface area contributed by atoms with Crippen LogP contribution in [0.2, 0.25) is 5.02 Å². The molecule has 1 aliphatic rings. The number of guanidine groups is 1. The Morgan fingerprint density at radius 1 is 1.39 bits per heavy atom. The lowest BCUT2D eigenvalue weighted by atomic mass is 10.0. The topological polar surface area (TPSA) is 86.2 Å². The number of hydrogen-bond acceptors (Lipinski definition) is 5. The van der Waals surface area contributed by atoms with E-state index in [0.29, 0.717) is 5.02 Å². The monoisotopic (exact) mass is 370 g/mol. The lowest BCUT2D eigenvalue weighted by molar-refractivity contribution is 0.424. The second-order valence-electron chi connectivity index (χ2n) is 5.62. The maximum atomic E-state index is 12.2. The molecule has 0 unspecified atom stereocenters. The second-order valence-corrected chi connectivity index (χ2v) is 8.97. The zero-order valence-corrected chi connectivity index (χ0v) is 14.9. The van der Waals surface area contributed by atoms with E-state index in [0.717, 1.165) is 20.3 Å². The van der Waals surface area contributed by atoms with E-state index in [1.165, 1.54) is 18.4 Å². The van der Waals surface area contributed by atoms with Crippen molar-refractivity contribution in [2.45, 2.75) is 12.5 Å². The van der Waals surface area contributed by atoms with Crippen LogP contribution in [-0.2, 0) is 15.6 Å². The van der Waals surface area contributed by atoms with Crippen LogP contribution in [-0.4, -0.2) is 36.5 Å². The van der Waals surface area contributed by atoms with Gasteiger partial charge in [-0.2, -0.15) is 0 Å². The van der Waals surface area contributed by atoms with Gasteiger partial charge in [-0.25, -0.2) is 12.7 Å². The van der Waals surface area contributed by atoms with Gasteiger partial charge in [-0.1, -0.05) is 11.6 Å². The predicted octanol–water partition coefficient (Wildman–Crippen LogP) is 2.48. The van der Waals surface area contributed by atoms with E-state index in [2.05, 4.69) is 10.3 Å². The molecule has 1 fully saturated rings. The van der Waals surface area contributed by atoms with E-state index in [9.17, 15) is 8.42 Å². The van der Waals surface area contributed by atoms with Gasteiger partial charge in [0.1, 0.15) is 0 Å². The molecule has 122 valence electrons.